The van der Waals surface area contributed by atoms with E-state index in [0.717, 1.165) is 35.5 Å². The van der Waals surface area contributed by atoms with Crippen molar-refractivity contribution in [3.05, 3.63) is 82.9 Å². The molecule has 2 N–H and O–H groups in total. The summed E-state index contributed by atoms with van der Waals surface area (Å²) in [4.78, 5) is 30.5. The number of nitrogens with one attached hydrogen (secondary N) is 2. The van der Waals surface area contributed by atoms with Crippen LogP contribution >= 0.6 is 0 Å². The van der Waals surface area contributed by atoms with Gasteiger partial charge in [-0.2, -0.15) is 0 Å². The largest absolute Gasteiger partial charge is 0.486 e. The lowest BCUT2D eigenvalue weighted by Crippen LogP contribution is -2.22. The van der Waals surface area contributed by atoms with Crippen LogP contribution in [0.25, 0.3) is 0 Å². The second-order valence-electron chi connectivity index (χ2n) is 8.75. The van der Waals surface area contributed by atoms with Gasteiger partial charge in [-0.05, 0) is 67.1 Å². The van der Waals surface area contributed by atoms with Crippen LogP contribution in [0, 0.1) is 0 Å². The molecule has 8 nitrogen and oxygen atoms in total. The molecule has 8 heteroatoms. The fourth-order valence-electron chi connectivity index (χ4n) is 4.47. The maximum Gasteiger partial charge on any atom is 0.338 e. The van der Waals surface area contributed by atoms with Gasteiger partial charge in [-0.25, -0.2) is 4.79 Å². The fraction of sp³-hybridized carbons (Fsp3) is 0.276. The van der Waals surface area contributed by atoms with E-state index in [0.29, 0.717) is 41.7 Å². The molecule has 3 aromatic rings. The highest BCUT2D eigenvalue weighted by Crippen LogP contribution is 2.39. The van der Waals surface area contributed by atoms with E-state index in [1.165, 1.54) is 0 Å². The predicted molar refractivity (Wildman–Crippen MR) is 141 cm³/mol. The highest BCUT2D eigenvalue weighted by atomic mass is 16.6. The summed E-state index contributed by atoms with van der Waals surface area (Å²) in [5.41, 5.74) is 4.92. The summed E-state index contributed by atoms with van der Waals surface area (Å²) in [6.07, 6.45) is 0. The van der Waals surface area contributed by atoms with E-state index in [2.05, 4.69) is 17.6 Å². The molecule has 2 aliphatic rings. The number of hydrogen-bond donors (Lipinski definition) is 2. The minimum atomic E-state index is -0.671. The van der Waals surface area contributed by atoms with Crippen LogP contribution in [-0.2, 0) is 16.1 Å². The van der Waals surface area contributed by atoms with Crippen molar-refractivity contribution in [1.82, 2.24) is 5.32 Å². The SMILES string of the molecule is CCNCc1ccc(N=C(c2ccc3c(c2)OCCO3)C2C(=O)Nc3cc(C(=O)OCC)ccc32)cc1. The van der Waals surface area contributed by atoms with E-state index in [1.54, 1.807) is 25.1 Å². The molecule has 0 aromatic heterocycles. The smallest absolute Gasteiger partial charge is 0.338 e. The minimum Gasteiger partial charge on any atom is -0.486 e. The zero-order chi connectivity index (χ0) is 25.8. The van der Waals surface area contributed by atoms with Crippen molar-refractivity contribution in [2.75, 3.05) is 31.7 Å². The Labute approximate surface area is 215 Å². The van der Waals surface area contributed by atoms with E-state index in [1.807, 2.05) is 42.5 Å². The molecule has 0 fully saturated rings. The first-order valence-corrected chi connectivity index (χ1v) is 12.5. The topological polar surface area (TPSA) is 98.3 Å². The third-order valence-corrected chi connectivity index (χ3v) is 6.27. The first kappa shape index (κ1) is 24.5. The summed E-state index contributed by atoms with van der Waals surface area (Å²) in [5.74, 6) is -0.0313. The predicted octanol–water partition coefficient (Wildman–Crippen LogP) is 4.60. The lowest BCUT2D eigenvalue weighted by Gasteiger charge is -2.20. The summed E-state index contributed by atoms with van der Waals surface area (Å²) in [6.45, 7) is 6.72. The molecule has 1 atom stereocenters. The zero-order valence-corrected chi connectivity index (χ0v) is 20.9. The van der Waals surface area contributed by atoms with Gasteiger partial charge < -0.3 is 24.8 Å². The third-order valence-electron chi connectivity index (χ3n) is 6.27. The highest BCUT2D eigenvalue weighted by molar-refractivity contribution is 6.24. The number of esters is 1. The average molecular weight is 500 g/mol. The fourth-order valence-corrected chi connectivity index (χ4v) is 4.47. The van der Waals surface area contributed by atoms with Crippen molar-refractivity contribution in [3.63, 3.8) is 0 Å². The van der Waals surface area contributed by atoms with Gasteiger partial charge in [-0.1, -0.05) is 25.1 Å². The maximum atomic E-state index is 13.3. The third kappa shape index (κ3) is 5.20. The Kier molecular flexibility index (Phi) is 7.18. The van der Waals surface area contributed by atoms with Crippen LogP contribution in [0.5, 0.6) is 11.5 Å². The number of hydrogen-bond acceptors (Lipinski definition) is 7. The Morgan fingerprint density at radius 2 is 1.76 bits per heavy atom. The van der Waals surface area contributed by atoms with Crippen molar-refractivity contribution >= 4 is 29.0 Å². The number of carbonyl (C=O) groups is 2. The minimum absolute atomic E-state index is 0.214. The second kappa shape index (κ2) is 10.8. The molecule has 3 aromatic carbocycles. The van der Waals surface area contributed by atoms with E-state index in [9.17, 15) is 9.59 Å². The summed E-state index contributed by atoms with van der Waals surface area (Å²) in [6, 6.07) is 18.7. The Morgan fingerprint density at radius 3 is 2.51 bits per heavy atom. The van der Waals surface area contributed by atoms with Gasteiger partial charge in [0.2, 0.25) is 5.91 Å². The Balaban J connectivity index is 1.56. The molecular formula is C29H29N3O5. The second-order valence-corrected chi connectivity index (χ2v) is 8.75. The van der Waals surface area contributed by atoms with Crippen LogP contribution in [0.4, 0.5) is 11.4 Å². The Bertz CT molecular complexity index is 1350. The zero-order valence-electron chi connectivity index (χ0n) is 20.9. The van der Waals surface area contributed by atoms with Crippen LogP contribution in [0.3, 0.4) is 0 Å². The maximum absolute atomic E-state index is 13.3. The van der Waals surface area contributed by atoms with Crippen LogP contribution in [0.2, 0.25) is 0 Å². The number of rotatable bonds is 8. The van der Waals surface area contributed by atoms with Gasteiger partial charge in [-0.15, -0.1) is 0 Å². The monoisotopic (exact) mass is 499 g/mol. The molecule has 37 heavy (non-hydrogen) atoms. The molecule has 0 saturated heterocycles. The molecule has 0 saturated carbocycles. The van der Waals surface area contributed by atoms with Crippen molar-refractivity contribution in [2.45, 2.75) is 26.3 Å². The van der Waals surface area contributed by atoms with Crippen LogP contribution in [-0.4, -0.2) is 44.0 Å². The van der Waals surface area contributed by atoms with E-state index in [4.69, 9.17) is 19.2 Å². The lowest BCUT2D eigenvalue weighted by atomic mass is 9.90. The van der Waals surface area contributed by atoms with Crippen molar-refractivity contribution < 1.29 is 23.8 Å². The molecule has 0 bridgehead atoms. The van der Waals surface area contributed by atoms with E-state index >= 15 is 0 Å². The van der Waals surface area contributed by atoms with Crippen molar-refractivity contribution in [2.24, 2.45) is 4.99 Å². The first-order valence-electron chi connectivity index (χ1n) is 12.5. The number of anilines is 1. The Morgan fingerprint density at radius 1 is 1.00 bits per heavy atom. The molecule has 2 aliphatic heterocycles. The summed E-state index contributed by atoms with van der Waals surface area (Å²) >= 11 is 0. The molecule has 0 radical (unpaired) electrons. The first-order chi connectivity index (χ1) is 18.1. The van der Waals surface area contributed by atoms with Gasteiger partial charge >= 0.3 is 5.97 Å². The number of amides is 1. The van der Waals surface area contributed by atoms with Crippen molar-refractivity contribution in [3.8, 4) is 11.5 Å². The summed E-state index contributed by atoms with van der Waals surface area (Å²) in [5, 5.41) is 6.24. The molecule has 0 aliphatic carbocycles. The number of benzene rings is 3. The number of aliphatic imine (C=N–C) groups is 1. The molecule has 2 heterocycles. The number of nitrogens with zero attached hydrogens (tertiary/aromatic N) is 1. The number of fused-ring (bicyclic) bond motifs is 2. The van der Waals surface area contributed by atoms with Crippen molar-refractivity contribution in [1.29, 1.82) is 0 Å². The van der Waals surface area contributed by atoms with Gasteiger partial charge in [-0.3, -0.25) is 9.79 Å². The molecule has 0 spiro atoms. The van der Waals surface area contributed by atoms with Gasteiger partial charge in [0.15, 0.2) is 11.5 Å². The standard InChI is InChI=1S/C29H29N3O5/c1-3-30-17-18-5-9-21(10-6-18)31-27(19-8-12-24-25(16-19)37-14-13-36-24)26-22-11-7-20(29(34)35-4-2)15-23(22)32-28(26)33/h5-12,15-16,26,30H,3-4,13-14,17H2,1-2H3,(H,32,33). The van der Waals surface area contributed by atoms with Gasteiger partial charge in [0.25, 0.3) is 0 Å². The highest BCUT2D eigenvalue weighted by Gasteiger charge is 2.36. The summed E-state index contributed by atoms with van der Waals surface area (Å²) in [7, 11) is 0. The van der Waals surface area contributed by atoms with E-state index < -0.39 is 11.9 Å². The van der Waals surface area contributed by atoms with Gasteiger partial charge in [0, 0.05) is 17.8 Å². The number of ether oxygens (including phenoxy) is 3. The molecular weight excluding hydrogens is 470 g/mol. The van der Waals surface area contributed by atoms with Crippen LogP contribution < -0.4 is 20.1 Å². The molecule has 1 amide bonds. The van der Waals surface area contributed by atoms with Crippen LogP contribution in [0.1, 0.15) is 46.8 Å². The summed E-state index contributed by atoms with van der Waals surface area (Å²) < 4.78 is 16.6. The van der Waals surface area contributed by atoms with Gasteiger partial charge in [0.05, 0.1) is 23.6 Å². The molecule has 190 valence electrons. The van der Waals surface area contributed by atoms with E-state index in [-0.39, 0.29) is 12.5 Å². The number of carbonyl (C=O) groups excluding carboxylic acids is 2. The van der Waals surface area contributed by atoms with Gasteiger partial charge in [0.1, 0.15) is 19.1 Å². The Hall–Kier alpha value is -4.17. The lowest BCUT2D eigenvalue weighted by molar-refractivity contribution is -0.115. The van der Waals surface area contributed by atoms with Crippen LogP contribution in [0.15, 0.2) is 65.7 Å². The normalized spacial score (nSPS) is 16.2. The molecule has 5 rings (SSSR count). The average Bonchev–Trinajstić information content (AvgIpc) is 3.25. The quantitative estimate of drug-likeness (QED) is 0.347. The molecule has 1 unspecified atom stereocenters.